The van der Waals surface area contributed by atoms with E-state index in [1.165, 1.54) is 11.1 Å². The van der Waals surface area contributed by atoms with Crippen molar-refractivity contribution in [2.24, 2.45) is 0 Å². The minimum Gasteiger partial charge on any atom is -0.370 e. The normalized spacial score (nSPS) is 11.5. The second-order valence-electron chi connectivity index (χ2n) is 13.0. The van der Waals surface area contributed by atoms with Crippen LogP contribution < -0.4 is 21.3 Å². The predicted octanol–water partition coefficient (Wildman–Crippen LogP) is 8.33. The molecule has 2 aromatic carbocycles. The first-order valence-corrected chi connectivity index (χ1v) is 17.3. The van der Waals surface area contributed by atoms with E-state index in [0.717, 1.165) is 97.6 Å². The summed E-state index contributed by atoms with van der Waals surface area (Å²) in [5.74, 6) is 4.30. The van der Waals surface area contributed by atoms with Crippen LogP contribution in [0.3, 0.4) is 0 Å². The number of nitrogens with zero attached hydrogens (tertiary/aromatic N) is 6. The van der Waals surface area contributed by atoms with Crippen LogP contribution in [0.2, 0.25) is 0 Å². The van der Waals surface area contributed by atoms with Crippen LogP contribution in [0.5, 0.6) is 0 Å². The van der Waals surface area contributed by atoms with Gasteiger partial charge in [-0.25, -0.2) is 9.97 Å². The third kappa shape index (κ3) is 8.05. The number of rotatable bonds is 17. The van der Waals surface area contributed by atoms with Crippen molar-refractivity contribution in [3.63, 3.8) is 0 Å². The van der Waals surface area contributed by atoms with Crippen LogP contribution in [0.4, 0.5) is 23.3 Å². The zero-order valence-corrected chi connectivity index (χ0v) is 28.6. The molecule has 0 unspecified atom stereocenters. The summed E-state index contributed by atoms with van der Waals surface area (Å²) in [7, 11) is 0. The summed E-state index contributed by atoms with van der Waals surface area (Å²) in [6.07, 6.45) is 8.29. The SMILES string of the molecule is CC(C)c1cnn2c(NCc3ccccc3)cc(NCCCCCCNc3cc(NCc4ccccc4)n4ncc(C(C)C)c4n3)nc12. The molecule has 0 fully saturated rings. The number of benzene rings is 2. The molecule has 0 radical (unpaired) electrons. The lowest BCUT2D eigenvalue weighted by molar-refractivity contribution is 0.669. The zero-order valence-electron chi connectivity index (χ0n) is 28.6. The molecule has 6 rings (SSSR count). The molecule has 0 spiro atoms. The van der Waals surface area contributed by atoms with Crippen molar-refractivity contribution in [3.05, 3.63) is 107 Å². The third-order valence-electron chi connectivity index (χ3n) is 8.59. The number of unbranched alkanes of at least 4 members (excludes halogenated alkanes) is 3. The molecule has 10 heteroatoms. The van der Waals surface area contributed by atoms with Crippen LogP contribution >= 0.6 is 0 Å². The zero-order chi connectivity index (χ0) is 33.3. The average molecular weight is 645 g/mol. The Bertz CT molecular complexity index is 1750. The quantitative estimate of drug-likeness (QED) is 0.0734. The maximum absolute atomic E-state index is 4.95. The standard InChI is InChI=1S/C38H48N10/c1-27(2)31-25-43-47-35(41-23-29-15-9-7-10-16-29)21-33(45-37(31)47)39-19-13-5-6-14-20-40-34-22-36(42-24-30-17-11-8-12-18-30)48-38(46-34)32(26-44-48)28(3)4/h7-12,15-18,21-22,25-28,41-42H,5-6,13-14,19-20,23-24H2,1-4H3,(H,39,45)(H,40,46). The molecule has 0 atom stereocenters. The van der Waals surface area contributed by atoms with Crippen molar-refractivity contribution < 1.29 is 0 Å². The van der Waals surface area contributed by atoms with Gasteiger partial charge in [-0.2, -0.15) is 19.2 Å². The molecule has 0 amide bonds. The van der Waals surface area contributed by atoms with E-state index >= 15 is 0 Å². The fraction of sp³-hybridized carbons (Fsp3) is 0.368. The number of hydrogen-bond donors (Lipinski definition) is 4. The van der Waals surface area contributed by atoms with E-state index in [1.807, 2.05) is 33.6 Å². The highest BCUT2D eigenvalue weighted by Crippen LogP contribution is 2.26. The first-order valence-electron chi connectivity index (χ1n) is 17.3. The highest BCUT2D eigenvalue weighted by molar-refractivity contribution is 5.62. The highest BCUT2D eigenvalue weighted by atomic mass is 15.3. The minimum atomic E-state index is 0.340. The summed E-state index contributed by atoms with van der Waals surface area (Å²) < 4.78 is 3.84. The second kappa shape index (κ2) is 15.6. The molecular weight excluding hydrogens is 596 g/mol. The van der Waals surface area contributed by atoms with Crippen molar-refractivity contribution in [2.75, 3.05) is 34.4 Å². The molecule has 0 saturated carbocycles. The number of hydrogen-bond acceptors (Lipinski definition) is 8. The van der Waals surface area contributed by atoms with Crippen LogP contribution in [-0.2, 0) is 13.1 Å². The van der Waals surface area contributed by atoms with Gasteiger partial charge in [0.25, 0.3) is 0 Å². The van der Waals surface area contributed by atoms with E-state index in [2.05, 4.69) is 120 Å². The monoisotopic (exact) mass is 644 g/mol. The van der Waals surface area contributed by atoms with Crippen molar-refractivity contribution in [1.82, 2.24) is 29.2 Å². The lowest BCUT2D eigenvalue weighted by Gasteiger charge is -2.13. The van der Waals surface area contributed by atoms with Crippen LogP contribution in [0, 0.1) is 0 Å². The van der Waals surface area contributed by atoms with Crippen molar-refractivity contribution >= 4 is 34.6 Å². The van der Waals surface area contributed by atoms with Crippen molar-refractivity contribution in [1.29, 1.82) is 0 Å². The summed E-state index contributed by atoms with van der Waals surface area (Å²) in [6, 6.07) is 25.0. The maximum Gasteiger partial charge on any atom is 0.163 e. The number of fused-ring (bicyclic) bond motifs is 2. The molecule has 0 aliphatic carbocycles. The van der Waals surface area contributed by atoms with E-state index in [4.69, 9.17) is 9.97 Å². The van der Waals surface area contributed by atoms with Gasteiger partial charge in [-0.15, -0.1) is 0 Å². The van der Waals surface area contributed by atoms with Gasteiger partial charge in [-0.1, -0.05) is 101 Å². The Balaban J connectivity index is 1.00. The Morgan fingerprint density at radius 3 is 1.35 bits per heavy atom. The molecule has 4 aromatic heterocycles. The lowest BCUT2D eigenvalue weighted by Crippen LogP contribution is -2.10. The fourth-order valence-corrected chi connectivity index (χ4v) is 5.82. The van der Waals surface area contributed by atoms with Gasteiger partial charge in [0.15, 0.2) is 11.3 Å². The van der Waals surface area contributed by atoms with Gasteiger partial charge in [-0.05, 0) is 35.8 Å². The van der Waals surface area contributed by atoms with E-state index in [0.29, 0.717) is 11.8 Å². The van der Waals surface area contributed by atoms with Gasteiger partial charge in [0, 0.05) is 49.4 Å². The first kappa shape index (κ1) is 32.8. The molecule has 0 bridgehead atoms. The van der Waals surface area contributed by atoms with E-state index in [-0.39, 0.29) is 0 Å². The molecular formula is C38H48N10. The summed E-state index contributed by atoms with van der Waals surface area (Å²) in [6.45, 7) is 11.9. The van der Waals surface area contributed by atoms with Gasteiger partial charge in [0.05, 0.1) is 12.4 Å². The van der Waals surface area contributed by atoms with Crippen LogP contribution in [0.1, 0.15) is 87.5 Å². The number of anilines is 4. The topological polar surface area (TPSA) is 108 Å². The van der Waals surface area contributed by atoms with Gasteiger partial charge in [0.2, 0.25) is 0 Å². The summed E-state index contributed by atoms with van der Waals surface area (Å²) in [4.78, 5) is 9.89. The number of aromatic nitrogens is 6. The minimum absolute atomic E-state index is 0.340. The van der Waals surface area contributed by atoms with Gasteiger partial charge < -0.3 is 21.3 Å². The molecule has 10 nitrogen and oxygen atoms in total. The molecule has 6 aromatic rings. The van der Waals surface area contributed by atoms with Crippen LogP contribution in [0.15, 0.2) is 85.2 Å². The second-order valence-corrected chi connectivity index (χ2v) is 13.0. The maximum atomic E-state index is 4.95. The van der Waals surface area contributed by atoms with Crippen LogP contribution in [0.25, 0.3) is 11.3 Å². The summed E-state index contributed by atoms with van der Waals surface area (Å²) >= 11 is 0. The predicted molar refractivity (Wildman–Crippen MR) is 197 cm³/mol. The fourth-order valence-electron chi connectivity index (χ4n) is 5.82. The Labute approximate surface area is 283 Å². The molecule has 0 aliphatic heterocycles. The van der Waals surface area contributed by atoms with Crippen LogP contribution in [-0.4, -0.2) is 42.3 Å². The Morgan fingerprint density at radius 1 is 0.542 bits per heavy atom. The Hall–Kier alpha value is -5.12. The molecule has 4 N–H and O–H groups in total. The first-order chi connectivity index (χ1) is 23.5. The van der Waals surface area contributed by atoms with Crippen molar-refractivity contribution in [2.45, 2.75) is 78.3 Å². The summed E-state index contributed by atoms with van der Waals surface area (Å²) in [5.41, 5.74) is 6.55. The summed E-state index contributed by atoms with van der Waals surface area (Å²) in [5, 5.41) is 23.6. The Morgan fingerprint density at radius 2 is 0.958 bits per heavy atom. The van der Waals surface area contributed by atoms with Gasteiger partial charge in [0.1, 0.15) is 23.3 Å². The van der Waals surface area contributed by atoms with E-state index in [9.17, 15) is 0 Å². The van der Waals surface area contributed by atoms with Gasteiger partial charge >= 0.3 is 0 Å². The van der Waals surface area contributed by atoms with Gasteiger partial charge in [-0.3, -0.25) is 0 Å². The van der Waals surface area contributed by atoms with E-state index in [1.54, 1.807) is 0 Å². The third-order valence-corrected chi connectivity index (χ3v) is 8.59. The Kier molecular flexibility index (Phi) is 10.7. The molecule has 250 valence electrons. The average Bonchev–Trinajstić information content (AvgIpc) is 3.73. The molecule has 4 heterocycles. The van der Waals surface area contributed by atoms with E-state index < -0.39 is 0 Å². The van der Waals surface area contributed by atoms with Crippen molar-refractivity contribution in [3.8, 4) is 0 Å². The molecule has 0 saturated heterocycles. The molecule has 0 aliphatic rings. The lowest BCUT2D eigenvalue weighted by atomic mass is 10.1. The molecule has 48 heavy (non-hydrogen) atoms. The highest BCUT2D eigenvalue weighted by Gasteiger charge is 2.15. The smallest absolute Gasteiger partial charge is 0.163 e. The number of nitrogens with one attached hydrogen (secondary N) is 4. The largest absolute Gasteiger partial charge is 0.370 e.